The molecule has 0 amide bonds. The molecule has 3 heterocycles. The molecule has 1 aliphatic rings. The molecular formula is C15H14N4O2S. The molecule has 0 bridgehead atoms. The van der Waals surface area contributed by atoms with Crippen molar-refractivity contribution in [3.05, 3.63) is 51.9 Å². The van der Waals surface area contributed by atoms with Crippen molar-refractivity contribution in [2.75, 3.05) is 12.4 Å². The molecule has 6 nitrogen and oxygen atoms in total. The summed E-state index contributed by atoms with van der Waals surface area (Å²) in [5.74, 6) is 0.708. The first-order chi connectivity index (χ1) is 10.8. The zero-order valence-corrected chi connectivity index (χ0v) is 12.5. The SMILES string of the molecule is O=c1[nH]c(SC[C@@H]2OCCc3ccccc32)nc2[nH]ncc12. The van der Waals surface area contributed by atoms with Crippen molar-refractivity contribution < 1.29 is 4.74 Å². The third kappa shape index (κ3) is 2.42. The molecule has 0 radical (unpaired) electrons. The topological polar surface area (TPSA) is 83.7 Å². The summed E-state index contributed by atoms with van der Waals surface area (Å²) >= 11 is 1.48. The summed E-state index contributed by atoms with van der Waals surface area (Å²) in [4.78, 5) is 19.1. The lowest BCUT2D eigenvalue weighted by Gasteiger charge is -2.25. The van der Waals surface area contributed by atoms with Crippen molar-refractivity contribution in [1.29, 1.82) is 0 Å². The lowest BCUT2D eigenvalue weighted by molar-refractivity contribution is 0.0587. The Balaban J connectivity index is 1.56. The number of hydrogen-bond acceptors (Lipinski definition) is 5. The van der Waals surface area contributed by atoms with E-state index in [-0.39, 0.29) is 11.7 Å². The van der Waals surface area contributed by atoms with Crippen molar-refractivity contribution in [1.82, 2.24) is 20.2 Å². The van der Waals surface area contributed by atoms with E-state index in [2.05, 4.69) is 38.4 Å². The minimum Gasteiger partial charge on any atom is -0.372 e. The van der Waals surface area contributed by atoms with Gasteiger partial charge in [-0.3, -0.25) is 9.89 Å². The highest BCUT2D eigenvalue weighted by molar-refractivity contribution is 7.99. The Kier molecular flexibility index (Phi) is 3.44. The van der Waals surface area contributed by atoms with E-state index < -0.39 is 0 Å². The Hall–Kier alpha value is -2.12. The molecule has 0 unspecified atom stereocenters. The van der Waals surface area contributed by atoms with Crippen molar-refractivity contribution >= 4 is 22.8 Å². The number of thioether (sulfide) groups is 1. The van der Waals surface area contributed by atoms with Crippen LogP contribution in [0.15, 0.2) is 40.4 Å². The molecule has 4 rings (SSSR count). The molecule has 7 heteroatoms. The minimum absolute atomic E-state index is 0.0257. The average Bonchev–Trinajstić information content (AvgIpc) is 3.02. The second-order valence-electron chi connectivity index (χ2n) is 5.12. The van der Waals surface area contributed by atoms with Crippen molar-refractivity contribution in [3.63, 3.8) is 0 Å². The van der Waals surface area contributed by atoms with E-state index in [9.17, 15) is 4.79 Å². The highest BCUT2D eigenvalue weighted by Gasteiger charge is 2.21. The summed E-state index contributed by atoms with van der Waals surface area (Å²) in [5, 5.41) is 7.62. The molecule has 112 valence electrons. The van der Waals surface area contributed by atoms with Gasteiger partial charge in [0.05, 0.1) is 18.9 Å². The van der Waals surface area contributed by atoms with Crippen LogP contribution in [-0.2, 0) is 11.2 Å². The Morgan fingerprint density at radius 3 is 3.23 bits per heavy atom. The van der Waals surface area contributed by atoms with Crippen molar-refractivity contribution in [2.24, 2.45) is 0 Å². The summed E-state index contributed by atoms with van der Waals surface area (Å²) < 4.78 is 5.87. The summed E-state index contributed by atoms with van der Waals surface area (Å²) in [6.07, 6.45) is 2.46. The van der Waals surface area contributed by atoms with E-state index in [0.717, 1.165) is 13.0 Å². The van der Waals surface area contributed by atoms with Crippen LogP contribution >= 0.6 is 11.8 Å². The van der Waals surface area contributed by atoms with Gasteiger partial charge in [-0.25, -0.2) is 4.98 Å². The van der Waals surface area contributed by atoms with Crippen LogP contribution in [0.2, 0.25) is 0 Å². The van der Waals surface area contributed by atoms with Crippen LogP contribution in [0.1, 0.15) is 17.2 Å². The Bertz CT molecular complexity index is 873. The highest BCUT2D eigenvalue weighted by Crippen LogP contribution is 2.31. The number of rotatable bonds is 3. The molecule has 0 aliphatic carbocycles. The molecule has 0 saturated heterocycles. The average molecular weight is 314 g/mol. The van der Waals surface area contributed by atoms with Crippen LogP contribution in [0.3, 0.4) is 0 Å². The predicted molar refractivity (Wildman–Crippen MR) is 84.1 cm³/mol. The fourth-order valence-corrected chi connectivity index (χ4v) is 3.57. The van der Waals surface area contributed by atoms with Crippen LogP contribution in [0.4, 0.5) is 0 Å². The quantitative estimate of drug-likeness (QED) is 0.571. The number of benzene rings is 1. The number of fused-ring (bicyclic) bond motifs is 2. The Morgan fingerprint density at radius 2 is 2.27 bits per heavy atom. The highest BCUT2D eigenvalue weighted by atomic mass is 32.2. The maximum Gasteiger partial charge on any atom is 0.262 e. The van der Waals surface area contributed by atoms with Gasteiger partial charge in [0.15, 0.2) is 10.8 Å². The second kappa shape index (κ2) is 5.58. The fourth-order valence-electron chi connectivity index (χ4n) is 2.66. The summed E-state index contributed by atoms with van der Waals surface area (Å²) in [5.41, 5.74) is 2.90. The number of nitrogens with one attached hydrogen (secondary N) is 2. The van der Waals surface area contributed by atoms with Crippen LogP contribution in [0.5, 0.6) is 0 Å². The summed E-state index contributed by atoms with van der Waals surface area (Å²) in [6, 6.07) is 8.34. The van der Waals surface area contributed by atoms with Crippen LogP contribution in [0, 0.1) is 0 Å². The number of aromatic amines is 2. The van der Waals surface area contributed by atoms with Crippen LogP contribution in [-0.4, -0.2) is 32.5 Å². The largest absolute Gasteiger partial charge is 0.372 e. The number of hydrogen-bond donors (Lipinski definition) is 2. The maximum atomic E-state index is 11.9. The van der Waals surface area contributed by atoms with Gasteiger partial charge in [0.25, 0.3) is 5.56 Å². The van der Waals surface area contributed by atoms with Gasteiger partial charge in [0.2, 0.25) is 0 Å². The third-order valence-corrected chi connectivity index (χ3v) is 4.70. The number of nitrogens with zero attached hydrogens (tertiary/aromatic N) is 2. The van der Waals surface area contributed by atoms with Crippen molar-refractivity contribution in [3.8, 4) is 0 Å². The van der Waals surface area contributed by atoms with Gasteiger partial charge >= 0.3 is 0 Å². The van der Waals surface area contributed by atoms with Gasteiger partial charge < -0.3 is 9.72 Å². The first-order valence-corrected chi connectivity index (χ1v) is 8.05. The first-order valence-electron chi connectivity index (χ1n) is 7.07. The smallest absolute Gasteiger partial charge is 0.262 e. The molecule has 1 atom stereocenters. The van der Waals surface area contributed by atoms with Gasteiger partial charge in [-0.2, -0.15) is 5.10 Å². The van der Waals surface area contributed by atoms with E-state index in [1.807, 2.05) is 6.07 Å². The number of H-pyrrole nitrogens is 2. The molecule has 0 saturated carbocycles. The lowest BCUT2D eigenvalue weighted by atomic mass is 9.99. The van der Waals surface area contributed by atoms with E-state index in [4.69, 9.17) is 4.74 Å². The van der Waals surface area contributed by atoms with E-state index in [1.54, 1.807) is 0 Å². The molecule has 1 aliphatic heterocycles. The van der Waals surface area contributed by atoms with Gasteiger partial charge in [-0.1, -0.05) is 36.0 Å². The molecule has 0 fully saturated rings. The van der Waals surface area contributed by atoms with E-state index in [0.29, 0.717) is 21.9 Å². The van der Waals surface area contributed by atoms with Gasteiger partial charge in [-0.05, 0) is 17.5 Å². The number of aromatic nitrogens is 4. The van der Waals surface area contributed by atoms with Gasteiger partial charge in [-0.15, -0.1) is 0 Å². The minimum atomic E-state index is -0.175. The molecule has 3 aromatic rings. The molecule has 2 aromatic heterocycles. The van der Waals surface area contributed by atoms with Crippen LogP contribution in [0.25, 0.3) is 11.0 Å². The summed E-state index contributed by atoms with van der Waals surface area (Å²) in [7, 11) is 0. The normalized spacial score (nSPS) is 17.5. The standard InChI is InChI=1S/C15H14N4O2S/c20-14-11-7-16-19-13(11)17-15(18-14)22-8-12-10-4-2-1-3-9(10)5-6-21-12/h1-4,7,12H,5-6,8H2,(H2,16,17,18,19,20)/t12-/m0/s1. The molecule has 0 spiro atoms. The maximum absolute atomic E-state index is 11.9. The first kappa shape index (κ1) is 13.5. The van der Waals surface area contributed by atoms with Gasteiger partial charge in [0, 0.05) is 5.75 Å². The Morgan fingerprint density at radius 1 is 1.36 bits per heavy atom. The fraction of sp³-hybridized carbons (Fsp3) is 0.267. The monoisotopic (exact) mass is 314 g/mol. The molecule has 1 aromatic carbocycles. The zero-order valence-electron chi connectivity index (χ0n) is 11.7. The summed E-state index contributed by atoms with van der Waals surface area (Å²) in [6.45, 7) is 0.728. The zero-order chi connectivity index (χ0) is 14.9. The second-order valence-corrected chi connectivity index (χ2v) is 6.13. The molecule has 2 N–H and O–H groups in total. The predicted octanol–water partition coefficient (Wildman–Crippen LogP) is 2.05. The van der Waals surface area contributed by atoms with Crippen molar-refractivity contribution in [2.45, 2.75) is 17.7 Å². The van der Waals surface area contributed by atoms with E-state index in [1.165, 1.54) is 29.1 Å². The van der Waals surface area contributed by atoms with Gasteiger partial charge in [0.1, 0.15) is 5.39 Å². The molecular weight excluding hydrogens is 300 g/mol. The van der Waals surface area contributed by atoms with Crippen LogP contribution < -0.4 is 5.56 Å². The van der Waals surface area contributed by atoms with E-state index >= 15 is 0 Å². The third-order valence-electron chi connectivity index (χ3n) is 3.76. The number of ether oxygens (including phenoxy) is 1. The Labute approximate surface area is 130 Å². The molecule has 22 heavy (non-hydrogen) atoms. The lowest BCUT2D eigenvalue weighted by Crippen LogP contribution is -2.18.